The number of carbonyl (C=O) groups is 1. The maximum absolute atomic E-state index is 11.7. The fraction of sp³-hybridized carbons (Fsp3) is 0.917. The first-order chi connectivity index (χ1) is 7.25. The molecule has 3 nitrogen and oxygen atoms in total. The smallest absolute Gasteiger partial charge is 0.323 e. The highest BCUT2D eigenvalue weighted by molar-refractivity contribution is 5.76. The lowest BCUT2D eigenvalue weighted by Gasteiger charge is -2.27. The maximum Gasteiger partial charge on any atom is 0.323 e. The van der Waals surface area contributed by atoms with Gasteiger partial charge in [-0.15, -0.1) is 0 Å². The molecule has 3 heteroatoms. The van der Waals surface area contributed by atoms with Gasteiger partial charge in [-0.05, 0) is 44.6 Å². The molecule has 1 heterocycles. The molecule has 0 bridgehead atoms. The molecule has 0 spiro atoms. The quantitative estimate of drug-likeness (QED) is 0.708. The van der Waals surface area contributed by atoms with Crippen LogP contribution >= 0.6 is 0 Å². The Hall–Kier alpha value is -0.570. The minimum absolute atomic E-state index is 0.0217. The van der Waals surface area contributed by atoms with E-state index in [1.807, 2.05) is 0 Å². The van der Waals surface area contributed by atoms with E-state index in [4.69, 9.17) is 4.74 Å². The van der Waals surface area contributed by atoms with Crippen molar-refractivity contribution in [3.63, 3.8) is 0 Å². The predicted molar refractivity (Wildman–Crippen MR) is 58.5 cm³/mol. The summed E-state index contributed by atoms with van der Waals surface area (Å²) >= 11 is 0. The highest BCUT2D eigenvalue weighted by atomic mass is 16.5. The van der Waals surface area contributed by atoms with Gasteiger partial charge in [-0.25, -0.2) is 0 Å². The van der Waals surface area contributed by atoms with Gasteiger partial charge in [-0.3, -0.25) is 4.79 Å². The minimum Gasteiger partial charge on any atom is -0.461 e. The molecular formula is C12H21NO2. The number of hydrogen-bond acceptors (Lipinski definition) is 3. The Morgan fingerprint density at radius 2 is 2.13 bits per heavy atom. The molecule has 1 saturated carbocycles. The van der Waals surface area contributed by atoms with Crippen LogP contribution in [0.2, 0.25) is 0 Å². The summed E-state index contributed by atoms with van der Waals surface area (Å²) in [5, 5.41) is 3.18. The topological polar surface area (TPSA) is 38.3 Å². The fourth-order valence-corrected chi connectivity index (χ4v) is 2.62. The van der Waals surface area contributed by atoms with Crippen molar-refractivity contribution < 1.29 is 9.53 Å². The van der Waals surface area contributed by atoms with Gasteiger partial charge in [0, 0.05) is 0 Å². The van der Waals surface area contributed by atoms with Crippen LogP contribution in [0.3, 0.4) is 0 Å². The van der Waals surface area contributed by atoms with Crippen LogP contribution in [0.25, 0.3) is 0 Å². The summed E-state index contributed by atoms with van der Waals surface area (Å²) in [6.07, 6.45) is 6.83. The van der Waals surface area contributed by atoms with E-state index in [-0.39, 0.29) is 18.1 Å². The van der Waals surface area contributed by atoms with E-state index in [0.717, 1.165) is 32.2 Å². The van der Waals surface area contributed by atoms with E-state index in [1.54, 1.807) is 0 Å². The SMILES string of the molecule is CC1CCCC(OC(=O)[C@@H]2CCCN2)C1. The molecule has 1 aliphatic carbocycles. The second kappa shape index (κ2) is 4.97. The molecule has 2 rings (SSSR count). The van der Waals surface area contributed by atoms with E-state index < -0.39 is 0 Å². The Morgan fingerprint density at radius 1 is 1.27 bits per heavy atom. The third kappa shape index (κ3) is 2.94. The van der Waals surface area contributed by atoms with Crippen LogP contribution in [-0.4, -0.2) is 24.7 Å². The van der Waals surface area contributed by atoms with Gasteiger partial charge in [0.25, 0.3) is 0 Å². The second-order valence-electron chi connectivity index (χ2n) is 4.98. The zero-order valence-corrected chi connectivity index (χ0v) is 9.50. The lowest BCUT2D eigenvalue weighted by molar-refractivity contribution is -0.153. The van der Waals surface area contributed by atoms with Crippen LogP contribution in [0.1, 0.15) is 45.4 Å². The largest absolute Gasteiger partial charge is 0.461 e. The number of rotatable bonds is 2. The first-order valence-corrected chi connectivity index (χ1v) is 6.19. The summed E-state index contributed by atoms with van der Waals surface area (Å²) in [7, 11) is 0. The van der Waals surface area contributed by atoms with E-state index in [1.165, 1.54) is 12.8 Å². The fourth-order valence-electron chi connectivity index (χ4n) is 2.62. The molecule has 0 aromatic rings. The van der Waals surface area contributed by atoms with Crippen molar-refractivity contribution in [1.29, 1.82) is 0 Å². The average molecular weight is 211 g/mol. The number of carbonyl (C=O) groups excluding carboxylic acids is 1. The molecule has 15 heavy (non-hydrogen) atoms. The van der Waals surface area contributed by atoms with Crippen LogP contribution < -0.4 is 5.32 Å². The predicted octanol–water partition coefficient (Wildman–Crippen LogP) is 1.86. The zero-order valence-electron chi connectivity index (χ0n) is 9.50. The lowest BCUT2D eigenvalue weighted by Crippen LogP contribution is -2.36. The van der Waals surface area contributed by atoms with Gasteiger partial charge in [0.1, 0.15) is 12.1 Å². The van der Waals surface area contributed by atoms with Gasteiger partial charge in [0.2, 0.25) is 0 Å². The molecule has 1 saturated heterocycles. The molecule has 0 aromatic heterocycles. The third-order valence-electron chi connectivity index (χ3n) is 3.52. The van der Waals surface area contributed by atoms with Crippen LogP contribution in [-0.2, 0) is 9.53 Å². The van der Waals surface area contributed by atoms with Gasteiger partial charge in [-0.2, -0.15) is 0 Å². The highest BCUT2D eigenvalue weighted by Crippen LogP contribution is 2.26. The van der Waals surface area contributed by atoms with Crippen molar-refractivity contribution in [2.75, 3.05) is 6.54 Å². The van der Waals surface area contributed by atoms with E-state index in [9.17, 15) is 4.79 Å². The molecule has 2 aliphatic rings. The van der Waals surface area contributed by atoms with E-state index in [2.05, 4.69) is 12.2 Å². The summed E-state index contributed by atoms with van der Waals surface area (Å²) < 4.78 is 5.54. The molecule has 0 amide bonds. The summed E-state index contributed by atoms with van der Waals surface area (Å²) in [5.74, 6) is 0.694. The number of nitrogens with one attached hydrogen (secondary N) is 1. The Balaban J connectivity index is 1.77. The first-order valence-electron chi connectivity index (χ1n) is 6.19. The average Bonchev–Trinajstić information content (AvgIpc) is 2.70. The summed E-state index contributed by atoms with van der Waals surface area (Å²) in [6, 6.07) is -0.0257. The third-order valence-corrected chi connectivity index (χ3v) is 3.52. The normalized spacial score (nSPS) is 36.5. The van der Waals surface area contributed by atoms with Crippen LogP contribution in [0.4, 0.5) is 0 Å². The van der Waals surface area contributed by atoms with E-state index in [0.29, 0.717) is 5.92 Å². The zero-order chi connectivity index (χ0) is 10.7. The number of ether oxygens (including phenoxy) is 1. The summed E-state index contributed by atoms with van der Waals surface area (Å²) in [4.78, 5) is 11.7. The molecule has 3 atom stereocenters. The molecule has 2 unspecified atom stereocenters. The van der Waals surface area contributed by atoms with Crippen LogP contribution in [0, 0.1) is 5.92 Å². The summed E-state index contributed by atoms with van der Waals surface area (Å²) in [6.45, 7) is 3.20. The number of hydrogen-bond donors (Lipinski definition) is 1. The van der Waals surface area contributed by atoms with Crippen molar-refractivity contribution in [2.45, 2.75) is 57.6 Å². The molecule has 86 valence electrons. The van der Waals surface area contributed by atoms with Gasteiger partial charge >= 0.3 is 5.97 Å². The van der Waals surface area contributed by atoms with Crippen molar-refractivity contribution in [3.05, 3.63) is 0 Å². The molecule has 0 radical (unpaired) electrons. The van der Waals surface area contributed by atoms with Gasteiger partial charge in [-0.1, -0.05) is 13.3 Å². The molecule has 1 N–H and O–H groups in total. The lowest BCUT2D eigenvalue weighted by atomic mass is 9.89. The first kappa shape index (κ1) is 10.9. The van der Waals surface area contributed by atoms with Gasteiger partial charge < -0.3 is 10.1 Å². The van der Waals surface area contributed by atoms with Crippen molar-refractivity contribution in [3.8, 4) is 0 Å². The Kier molecular flexibility index (Phi) is 3.62. The molecule has 2 fully saturated rings. The van der Waals surface area contributed by atoms with Crippen molar-refractivity contribution in [2.24, 2.45) is 5.92 Å². The maximum atomic E-state index is 11.7. The van der Waals surface area contributed by atoms with Crippen molar-refractivity contribution >= 4 is 5.97 Å². The second-order valence-corrected chi connectivity index (χ2v) is 4.98. The minimum atomic E-state index is -0.0257. The molecule has 1 aliphatic heterocycles. The Labute approximate surface area is 91.6 Å². The standard InChI is InChI=1S/C12H21NO2/c1-9-4-2-5-10(8-9)15-12(14)11-6-3-7-13-11/h9-11,13H,2-8H2,1H3/t9?,10?,11-/m0/s1. The van der Waals surface area contributed by atoms with Crippen molar-refractivity contribution in [1.82, 2.24) is 5.32 Å². The summed E-state index contributed by atoms with van der Waals surface area (Å²) in [5.41, 5.74) is 0. The highest BCUT2D eigenvalue weighted by Gasteiger charge is 2.28. The van der Waals surface area contributed by atoms with E-state index >= 15 is 0 Å². The molecular weight excluding hydrogens is 190 g/mol. The number of esters is 1. The Morgan fingerprint density at radius 3 is 2.80 bits per heavy atom. The van der Waals surface area contributed by atoms with Crippen LogP contribution in [0.5, 0.6) is 0 Å². The van der Waals surface area contributed by atoms with Gasteiger partial charge in [0.15, 0.2) is 0 Å². The Bertz CT molecular complexity index is 224. The van der Waals surface area contributed by atoms with Gasteiger partial charge in [0.05, 0.1) is 0 Å². The van der Waals surface area contributed by atoms with Crippen LogP contribution in [0.15, 0.2) is 0 Å². The monoisotopic (exact) mass is 211 g/mol. The molecule has 0 aromatic carbocycles.